The number of hydrogen-bond acceptors (Lipinski definition) is 3. The molecule has 1 heterocycles. The van der Waals surface area contributed by atoms with E-state index < -0.39 is 13.0 Å². The largest absolute Gasteiger partial charge is 0.472 e. The molecule has 0 bridgehead atoms. The Morgan fingerprint density at radius 1 is 1.23 bits per heavy atom. The maximum absolute atomic E-state index is 12.2. The normalized spacial score (nSPS) is 13.3. The van der Waals surface area contributed by atoms with E-state index in [1.54, 1.807) is 12.1 Å². The molecule has 5 nitrogen and oxygen atoms in total. The van der Waals surface area contributed by atoms with Gasteiger partial charge in [-0.3, -0.25) is 0 Å². The molecule has 0 unspecified atom stereocenters. The maximum Gasteiger partial charge on any atom is 0.272 e. The summed E-state index contributed by atoms with van der Waals surface area (Å²) in [7, 11) is 0. The van der Waals surface area contributed by atoms with Crippen LogP contribution in [0.5, 0.6) is 5.88 Å². The van der Waals surface area contributed by atoms with Gasteiger partial charge in [0.25, 0.3) is 6.43 Å². The minimum atomic E-state index is -2.53. The van der Waals surface area contributed by atoms with E-state index in [9.17, 15) is 8.78 Å². The monoisotopic (exact) mass is 474 g/mol. The molecule has 0 radical (unpaired) electrons. The van der Waals surface area contributed by atoms with E-state index in [0.29, 0.717) is 5.69 Å². The van der Waals surface area contributed by atoms with E-state index in [1.807, 2.05) is 6.07 Å². The van der Waals surface area contributed by atoms with E-state index in [1.165, 1.54) is 23.6 Å². The second kappa shape index (κ2) is 9.65. The highest BCUT2D eigenvalue weighted by Crippen LogP contribution is 2.24. The summed E-state index contributed by atoms with van der Waals surface area (Å²) in [4.78, 5) is 8.36. The fourth-order valence-corrected chi connectivity index (χ4v) is 2.78. The Labute approximate surface area is 168 Å². The molecule has 140 valence electrons. The van der Waals surface area contributed by atoms with Crippen LogP contribution in [0.4, 0.5) is 14.5 Å². The van der Waals surface area contributed by atoms with Crippen molar-refractivity contribution < 1.29 is 13.5 Å². The Bertz CT molecular complexity index is 771. The lowest BCUT2D eigenvalue weighted by atomic mass is 10.1. The average Bonchev–Trinajstić information content (AvgIpc) is 3.06. The Kier molecular flexibility index (Phi) is 7.55. The van der Waals surface area contributed by atoms with E-state index in [-0.39, 0.29) is 42.4 Å². The third-order valence-electron chi connectivity index (χ3n) is 3.92. The molecule has 1 aliphatic carbocycles. The van der Waals surface area contributed by atoms with Gasteiger partial charge in [0.05, 0.1) is 12.2 Å². The van der Waals surface area contributed by atoms with Crippen molar-refractivity contribution in [2.75, 3.05) is 11.9 Å². The molecule has 0 saturated carbocycles. The molecule has 0 fully saturated rings. The Morgan fingerprint density at radius 3 is 2.85 bits per heavy atom. The molecule has 3 rings (SSSR count). The van der Waals surface area contributed by atoms with Gasteiger partial charge < -0.3 is 15.8 Å². The fourth-order valence-electron chi connectivity index (χ4n) is 2.78. The number of rotatable bonds is 6. The lowest BCUT2D eigenvalue weighted by molar-refractivity contribution is 0.0795. The number of fused-ring (bicyclic) bond motifs is 1. The number of aryl methyl sites for hydroxylation is 2. The number of benzene rings is 1. The molecule has 8 heteroatoms. The summed E-state index contributed by atoms with van der Waals surface area (Å²) < 4.78 is 29.2. The van der Waals surface area contributed by atoms with Gasteiger partial charge in [-0.2, -0.15) is 0 Å². The predicted molar refractivity (Wildman–Crippen MR) is 109 cm³/mol. The summed E-state index contributed by atoms with van der Waals surface area (Å²) in [5.74, 6) is 0.428. The number of guanidine groups is 1. The van der Waals surface area contributed by atoms with Gasteiger partial charge in [-0.05, 0) is 48.6 Å². The number of halogens is 3. The van der Waals surface area contributed by atoms with Crippen LogP contribution in [0.25, 0.3) is 0 Å². The summed E-state index contributed by atoms with van der Waals surface area (Å²) in [6.07, 6.45) is 0.889. The number of pyridine rings is 1. The molecule has 0 spiro atoms. The molecule has 2 aromatic rings. The number of anilines is 1. The number of nitrogens with one attached hydrogen (secondary N) is 1. The zero-order valence-electron chi connectivity index (χ0n) is 14.1. The smallest absolute Gasteiger partial charge is 0.272 e. The Hall–Kier alpha value is -1.97. The van der Waals surface area contributed by atoms with Gasteiger partial charge in [0.1, 0.15) is 0 Å². The van der Waals surface area contributed by atoms with Crippen LogP contribution in [0.1, 0.15) is 23.2 Å². The number of aliphatic imine (C=N–C) groups is 1. The zero-order valence-corrected chi connectivity index (χ0v) is 16.5. The highest BCUT2D eigenvalue weighted by Gasteiger charge is 2.11. The van der Waals surface area contributed by atoms with E-state index in [0.717, 1.165) is 18.5 Å². The van der Waals surface area contributed by atoms with Crippen LogP contribution in [0.2, 0.25) is 0 Å². The molecule has 0 amide bonds. The molecule has 0 saturated heterocycles. The van der Waals surface area contributed by atoms with Crippen LogP contribution in [0.3, 0.4) is 0 Å². The minimum Gasteiger partial charge on any atom is -0.472 e. The summed E-state index contributed by atoms with van der Waals surface area (Å²) in [6.45, 7) is -0.447. The van der Waals surface area contributed by atoms with Gasteiger partial charge in [0.15, 0.2) is 12.6 Å². The average molecular weight is 474 g/mol. The zero-order chi connectivity index (χ0) is 17.6. The number of aromatic nitrogens is 1. The molecule has 26 heavy (non-hydrogen) atoms. The number of alkyl halides is 2. The van der Waals surface area contributed by atoms with E-state index in [2.05, 4.69) is 27.4 Å². The third kappa shape index (κ3) is 5.79. The van der Waals surface area contributed by atoms with Gasteiger partial charge in [-0.15, -0.1) is 24.0 Å². The first kappa shape index (κ1) is 20.3. The van der Waals surface area contributed by atoms with Crippen molar-refractivity contribution in [3.63, 3.8) is 0 Å². The lowest BCUT2D eigenvalue weighted by Crippen LogP contribution is -2.22. The molecule has 3 N–H and O–H groups in total. The van der Waals surface area contributed by atoms with Gasteiger partial charge in [0, 0.05) is 11.8 Å². The van der Waals surface area contributed by atoms with Crippen LogP contribution in [-0.2, 0) is 19.4 Å². The van der Waals surface area contributed by atoms with Gasteiger partial charge in [0.2, 0.25) is 5.88 Å². The van der Waals surface area contributed by atoms with Crippen molar-refractivity contribution in [3.05, 3.63) is 53.2 Å². The SMILES string of the molecule is I.NC(=NCc1cccc(OCC(F)F)n1)Nc1ccc2c(c1)CCC2. The van der Waals surface area contributed by atoms with E-state index >= 15 is 0 Å². The van der Waals surface area contributed by atoms with Crippen molar-refractivity contribution in [2.45, 2.75) is 32.2 Å². The first-order valence-electron chi connectivity index (χ1n) is 8.16. The Balaban J connectivity index is 0.00000243. The van der Waals surface area contributed by atoms with Crippen LogP contribution in [0.15, 0.2) is 41.4 Å². The summed E-state index contributed by atoms with van der Waals surface area (Å²) in [5, 5.41) is 3.07. The molecular weight excluding hydrogens is 453 g/mol. The predicted octanol–water partition coefficient (Wildman–Crippen LogP) is 3.76. The van der Waals surface area contributed by atoms with Gasteiger partial charge in [-0.25, -0.2) is 18.8 Å². The molecule has 1 aliphatic rings. The fraction of sp³-hybridized carbons (Fsp3) is 0.333. The lowest BCUT2D eigenvalue weighted by Gasteiger charge is -2.08. The first-order chi connectivity index (χ1) is 12.1. The van der Waals surface area contributed by atoms with Crippen LogP contribution >= 0.6 is 24.0 Å². The number of ether oxygens (including phenoxy) is 1. The van der Waals surface area contributed by atoms with Crippen molar-refractivity contribution in [2.24, 2.45) is 10.7 Å². The van der Waals surface area contributed by atoms with Crippen LogP contribution in [-0.4, -0.2) is 24.0 Å². The van der Waals surface area contributed by atoms with Crippen LogP contribution < -0.4 is 15.8 Å². The van der Waals surface area contributed by atoms with Crippen molar-refractivity contribution in [3.8, 4) is 5.88 Å². The van der Waals surface area contributed by atoms with Crippen molar-refractivity contribution in [1.29, 1.82) is 0 Å². The number of hydrogen-bond donors (Lipinski definition) is 2. The first-order valence-corrected chi connectivity index (χ1v) is 8.16. The highest BCUT2D eigenvalue weighted by atomic mass is 127. The highest BCUT2D eigenvalue weighted by molar-refractivity contribution is 14.0. The molecule has 0 aliphatic heterocycles. The summed E-state index contributed by atoms with van der Waals surface area (Å²) in [6, 6.07) is 11.2. The molecule has 0 atom stereocenters. The second-order valence-corrected chi connectivity index (χ2v) is 5.83. The standard InChI is InChI=1S/C18H20F2N4O.HI/c19-16(20)11-25-17-6-2-5-15(23-17)10-22-18(21)24-14-8-7-12-3-1-4-13(12)9-14;/h2,5-9,16H,1,3-4,10-11H2,(H3,21,22,24);1H. The van der Waals surface area contributed by atoms with Crippen LogP contribution in [0, 0.1) is 0 Å². The summed E-state index contributed by atoms with van der Waals surface area (Å²) in [5.41, 5.74) is 10.2. The summed E-state index contributed by atoms with van der Waals surface area (Å²) >= 11 is 0. The minimum absolute atomic E-state index is 0. The van der Waals surface area contributed by atoms with Gasteiger partial charge in [-0.1, -0.05) is 12.1 Å². The molecule has 1 aromatic carbocycles. The topological polar surface area (TPSA) is 72.5 Å². The maximum atomic E-state index is 12.2. The van der Waals surface area contributed by atoms with E-state index in [4.69, 9.17) is 10.5 Å². The van der Waals surface area contributed by atoms with Crippen molar-refractivity contribution >= 4 is 35.6 Å². The molecular formula is C18H21F2IN4O. The van der Waals surface area contributed by atoms with Gasteiger partial charge >= 0.3 is 0 Å². The Morgan fingerprint density at radius 2 is 2.04 bits per heavy atom. The number of nitrogens with zero attached hydrogens (tertiary/aromatic N) is 2. The van der Waals surface area contributed by atoms with Crippen molar-refractivity contribution in [1.82, 2.24) is 4.98 Å². The quantitative estimate of drug-likeness (QED) is 0.380. The number of nitrogens with two attached hydrogens (primary N) is 1. The third-order valence-corrected chi connectivity index (χ3v) is 3.92. The second-order valence-electron chi connectivity index (χ2n) is 5.83. The molecule has 1 aromatic heterocycles.